The van der Waals surface area contributed by atoms with Crippen molar-refractivity contribution < 1.29 is 9.84 Å². The molecule has 5 nitrogen and oxygen atoms in total. The number of rotatable bonds is 2. The van der Waals surface area contributed by atoms with Crippen LogP contribution in [0.15, 0.2) is 12.3 Å². The number of aromatic amines is 1. The van der Waals surface area contributed by atoms with Crippen LogP contribution in [0.3, 0.4) is 0 Å². The molecule has 0 aromatic carbocycles. The van der Waals surface area contributed by atoms with Crippen molar-refractivity contribution in [2.24, 2.45) is 0 Å². The molecule has 0 spiro atoms. The van der Waals surface area contributed by atoms with Crippen molar-refractivity contribution in [2.45, 2.75) is 12.0 Å². The van der Waals surface area contributed by atoms with Crippen LogP contribution < -0.4 is 0 Å². The lowest BCUT2D eigenvalue weighted by atomic mass is 9.98. The standard InChI is InChI=1S/C10H10ClN3O2/c11-8-5-1-2-12-9(5)14-10(13-8)6-4-16-7(6)3-15/h1-2,6-7,15H,3-4H2,(H,12,13,14). The Labute approximate surface area is 96.4 Å². The van der Waals surface area contributed by atoms with Gasteiger partial charge in [-0.1, -0.05) is 11.6 Å². The summed E-state index contributed by atoms with van der Waals surface area (Å²) in [5.41, 5.74) is 0.721. The summed E-state index contributed by atoms with van der Waals surface area (Å²) in [4.78, 5) is 11.6. The molecule has 84 valence electrons. The second-order valence-corrected chi connectivity index (χ2v) is 4.13. The SMILES string of the molecule is OCC1OCC1c1nc(Cl)c2cc[nH]c2n1. The first kappa shape index (κ1) is 10.0. The van der Waals surface area contributed by atoms with Crippen LogP contribution >= 0.6 is 11.6 Å². The number of fused-ring (bicyclic) bond motifs is 1. The quantitative estimate of drug-likeness (QED) is 0.770. The molecule has 2 aromatic rings. The van der Waals surface area contributed by atoms with E-state index in [1.165, 1.54) is 0 Å². The van der Waals surface area contributed by atoms with E-state index in [0.29, 0.717) is 17.6 Å². The molecular weight excluding hydrogens is 230 g/mol. The Balaban J connectivity index is 2.04. The smallest absolute Gasteiger partial charge is 0.142 e. The van der Waals surface area contributed by atoms with Crippen molar-refractivity contribution >= 4 is 22.6 Å². The van der Waals surface area contributed by atoms with Crippen molar-refractivity contribution in [3.63, 3.8) is 0 Å². The number of nitrogens with zero attached hydrogens (tertiary/aromatic N) is 2. The van der Waals surface area contributed by atoms with Gasteiger partial charge in [0.15, 0.2) is 0 Å². The lowest BCUT2D eigenvalue weighted by Gasteiger charge is -2.34. The Morgan fingerprint density at radius 1 is 1.56 bits per heavy atom. The molecule has 1 fully saturated rings. The van der Waals surface area contributed by atoms with Gasteiger partial charge in [-0.15, -0.1) is 0 Å². The second-order valence-electron chi connectivity index (χ2n) is 3.77. The predicted molar refractivity (Wildman–Crippen MR) is 58.5 cm³/mol. The van der Waals surface area contributed by atoms with Gasteiger partial charge in [-0.05, 0) is 6.07 Å². The minimum Gasteiger partial charge on any atom is -0.394 e. The first-order valence-corrected chi connectivity index (χ1v) is 5.40. The summed E-state index contributed by atoms with van der Waals surface area (Å²) in [6.45, 7) is 0.516. The number of ether oxygens (including phenoxy) is 1. The summed E-state index contributed by atoms with van der Waals surface area (Å²) in [5, 5.41) is 10.3. The number of hydrogen-bond donors (Lipinski definition) is 2. The van der Waals surface area contributed by atoms with Crippen LogP contribution in [0, 0.1) is 0 Å². The zero-order valence-electron chi connectivity index (χ0n) is 8.35. The maximum Gasteiger partial charge on any atom is 0.142 e. The van der Waals surface area contributed by atoms with Crippen LogP contribution in [-0.4, -0.2) is 39.4 Å². The highest BCUT2D eigenvalue weighted by Crippen LogP contribution is 2.30. The normalized spacial score (nSPS) is 24.6. The lowest BCUT2D eigenvalue weighted by molar-refractivity contribution is -0.103. The van der Waals surface area contributed by atoms with Crippen molar-refractivity contribution in [3.8, 4) is 0 Å². The van der Waals surface area contributed by atoms with Gasteiger partial charge in [0.1, 0.15) is 16.6 Å². The summed E-state index contributed by atoms with van der Waals surface area (Å²) < 4.78 is 5.20. The van der Waals surface area contributed by atoms with Gasteiger partial charge < -0.3 is 14.8 Å². The zero-order chi connectivity index (χ0) is 11.1. The van der Waals surface area contributed by atoms with Gasteiger partial charge in [-0.25, -0.2) is 9.97 Å². The maximum absolute atomic E-state index is 9.04. The van der Waals surface area contributed by atoms with Crippen molar-refractivity contribution in [1.82, 2.24) is 15.0 Å². The second kappa shape index (κ2) is 3.69. The van der Waals surface area contributed by atoms with Gasteiger partial charge in [0.25, 0.3) is 0 Å². The number of aliphatic hydroxyl groups is 1. The van der Waals surface area contributed by atoms with E-state index in [-0.39, 0.29) is 18.6 Å². The average Bonchev–Trinajstić information content (AvgIpc) is 2.65. The number of H-pyrrole nitrogens is 1. The molecule has 16 heavy (non-hydrogen) atoms. The largest absolute Gasteiger partial charge is 0.394 e. The van der Waals surface area contributed by atoms with E-state index in [0.717, 1.165) is 11.0 Å². The molecule has 1 saturated heterocycles. The highest BCUT2D eigenvalue weighted by Gasteiger charge is 2.35. The van der Waals surface area contributed by atoms with Gasteiger partial charge in [-0.3, -0.25) is 0 Å². The van der Waals surface area contributed by atoms with Crippen molar-refractivity contribution in [1.29, 1.82) is 0 Å². The Hall–Kier alpha value is -1.17. The van der Waals surface area contributed by atoms with Crippen LogP contribution in [0.5, 0.6) is 0 Å². The summed E-state index contributed by atoms with van der Waals surface area (Å²) in [6.07, 6.45) is 1.57. The minimum absolute atomic E-state index is 0.0194. The number of hydrogen-bond acceptors (Lipinski definition) is 4. The first-order valence-electron chi connectivity index (χ1n) is 5.02. The van der Waals surface area contributed by atoms with E-state index < -0.39 is 0 Å². The van der Waals surface area contributed by atoms with Crippen LogP contribution in [0.4, 0.5) is 0 Å². The minimum atomic E-state index is -0.205. The molecular formula is C10H10ClN3O2. The Morgan fingerprint density at radius 3 is 3.12 bits per heavy atom. The molecule has 0 radical (unpaired) electrons. The number of aliphatic hydroxyl groups excluding tert-OH is 1. The van der Waals surface area contributed by atoms with Crippen molar-refractivity contribution in [2.75, 3.05) is 13.2 Å². The predicted octanol–water partition coefficient (Wildman–Crippen LogP) is 1.09. The van der Waals surface area contributed by atoms with Gasteiger partial charge in [0.2, 0.25) is 0 Å². The lowest BCUT2D eigenvalue weighted by Crippen LogP contribution is -2.41. The summed E-state index contributed by atoms with van der Waals surface area (Å²) >= 11 is 6.05. The molecule has 0 saturated carbocycles. The van der Waals surface area contributed by atoms with Gasteiger partial charge in [-0.2, -0.15) is 0 Å². The third-order valence-electron chi connectivity index (χ3n) is 2.84. The zero-order valence-corrected chi connectivity index (χ0v) is 9.11. The molecule has 6 heteroatoms. The number of aromatic nitrogens is 3. The highest BCUT2D eigenvalue weighted by molar-refractivity contribution is 6.33. The fourth-order valence-corrected chi connectivity index (χ4v) is 2.07. The van der Waals surface area contributed by atoms with E-state index in [4.69, 9.17) is 21.4 Å². The number of nitrogens with one attached hydrogen (secondary N) is 1. The molecule has 2 N–H and O–H groups in total. The monoisotopic (exact) mass is 239 g/mol. The van der Waals surface area contributed by atoms with Crippen LogP contribution in [0.25, 0.3) is 11.0 Å². The summed E-state index contributed by atoms with van der Waals surface area (Å²) in [6, 6.07) is 1.84. The molecule has 0 amide bonds. The highest BCUT2D eigenvalue weighted by atomic mass is 35.5. The Morgan fingerprint density at radius 2 is 2.44 bits per heavy atom. The van der Waals surface area contributed by atoms with E-state index in [1.807, 2.05) is 6.07 Å². The van der Waals surface area contributed by atoms with Gasteiger partial charge >= 0.3 is 0 Å². The number of halogens is 1. The van der Waals surface area contributed by atoms with Crippen LogP contribution in [0.1, 0.15) is 11.7 Å². The van der Waals surface area contributed by atoms with Gasteiger partial charge in [0.05, 0.1) is 30.6 Å². The van der Waals surface area contributed by atoms with Crippen LogP contribution in [-0.2, 0) is 4.74 Å². The Kier molecular flexibility index (Phi) is 2.31. The van der Waals surface area contributed by atoms with Crippen molar-refractivity contribution in [3.05, 3.63) is 23.2 Å². The fourth-order valence-electron chi connectivity index (χ4n) is 1.84. The van der Waals surface area contributed by atoms with E-state index >= 15 is 0 Å². The van der Waals surface area contributed by atoms with E-state index in [2.05, 4.69) is 15.0 Å². The van der Waals surface area contributed by atoms with Crippen LogP contribution in [0.2, 0.25) is 5.15 Å². The molecule has 1 aliphatic heterocycles. The van der Waals surface area contributed by atoms with E-state index in [9.17, 15) is 0 Å². The average molecular weight is 240 g/mol. The van der Waals surface area contributed by atoms with Gasteiger partial charge in [0, 0.05) is 6.20 Å². The first-order chi connectivity index (χ1) is 7.79. The molecule has 2 atom stereocenters. The third-order valence-corrected chi connectivity index (χ3v) is 3.12. The Bertz CT molecular complexity index is 526. The molecule has 3 heterocycles. The molecule has 0 aliphatic carbocycles. The maximum atomic E-state index is 9.04. The molecule has 3 rings (SSSR count). The molecule has 0 bridgehead atoms. The third kappa shape index (κ3) is 1.40. The fraction of sp³-hybridized carbons (Fsp3) is 0.400. The summed E-state index contributed by atoms with van der Waals surface area (Å²) in [7, 11) is 0. The summed E-state index contributed by atoms with van der Waals surface area (Å²) in [5.74, 6) is 0.667. The van der Waals surface area contributed by atoms with E-state index in [1.54, 1.807) is 6.20 Å². The molecule has 2 aromatic heterocycles. The molecule has 1 aliphatic rings. The molecule has 2 unspecified atom stereocenters. The topological polar surface area (TPSA) is 71.0 Å².